The van der Waals surface area contributed by atoms with E-state index in [0.29, 0.717) is 6.61 Å². The summed E-state index contributed by atoms with van der Waals surface area (Å²) in [6, 6.07) is 6.04. The molecule has 1 unspecified atom stereocenters. The molecule has 0 bridgehead atoms. The summed E-state index contributed by atoms with van der Waals surface area (Å²) in [6.45, 7) is 2.45. The molecule has 0 saturated carbocycles. The van der Waals surface area contributed by atoms with Gasteiger partial charge >= 0.3 is 0 Å². The normalized spacial score (nSPS) is 12.2. The van der Waals surface area contributed by atoms with Crippen LogP contribution in [0, 0.1) is 0 Å². The lowest BCUT2D eigenvalue weighted by Gasteiger charge is -2.12. The van der Waals surface area contributed by atoms with E-state index < -0.39 is 0 Å². The minimum Gasteiger partial charge on any atom is -0.493 e. The van der Waals surface area contributed by atoms with E-state index in [1.807, 2.05) is 38.4 Å². The maximum Gasteiger partial charge on any atom is 0.161 e. The summed E-state index contributed by atoms with van der Waals surface area (Å²) >= 11 is 0. The molecule has 0 aliphatic heterocycles. The van der Waals surface area contributed by atoms with Crippen molar-refractivity contribution in [3.05, 3.63) is 41.7 Å². The maximum absolute atomic E-state index is 5.81. The second-order valence-electron chi connectivity index (χ2n) is 4.98. The van der Waals surface area contributed by atoms with Crippen molar-refractivity contribution in [3.63, 3.8) is 0 Å². The Hall–Kier alpha value is -2.01. The first-order valence-corrected chi connectivity index (χ1v) is 6.61. The molecule has 108 valence electrons. The van der Waals surface area contributed by atoms with Crippen molar-refractivity contribution in [2.75, 3.05) is 7.11 Å². The largest absolute Gasteiger partial charge is 0.493 e. The highest BCUT2D eigenvalue weighted by Crippen LogP contribution is 2.29. The highest BCUT2D eigenvalue weighted by Gasteiger charge is 2.08. The van der Waals surface area contributed by atoms with Gasteiger partial charge in [-0.05, 0) is 31.0 Å². The lowest BCUT2D eigenvalue weighted by Crippen LogP contribution is -2.17. The van der Waals surface area contributed by atoms with E-state index in [4.69, 9.17) is 15.2 Å². The van der Waals surface area contributed by atoms with Crippen molar-refractivity contribution in [2.45, 2.75) is 26.0 Å². The van der Waals surface area contributed by atoms with Gasteiger partial charge in [0.25, 0.3) is 0 Å². The minimum atomic E-state index is 0.127. The number of nitrogens with zero attached hydrogens (tertiary/aromatic N) is 2. The number of aryl methyl sites for hydroxylation is 1. The number of methoxy groups -OCH3 is 1. The van der Waals surface area contributed by atoms with Gasteiger partial charge < -0.3 is 15.2 Å². The van der Waals surface area contributed by atoms with Gasteiger partial charge in [0.2, 0.25) is 0 Å². The van der Waals surface area contributed by atoms with E-state index in [2.05, 4.69) is 5.10 Å². The molecule has 1 heterocycles. The molecule has 0 aliphatic carbocycles. The molecule has 5 nitrogen and oxygen atoms in total. The predicted molar refractivity (Wildman–Crippen MR) is 77.9 cm³/mol. The molecule has 0 radical (unpaired) electrons. The van der Waals surface area contributed by atoms with Gasteiger partial charge in [-0.25, -0.2) is 0 Å². The van der Waals surface area contributed by atoms with Crippen molar-refractivity contribution in [3.8, 4) is 11.5 Å². The van der Waals surface area contributed by atoms with Crippen LogP contribution in [0.3, 0.4) is 0 Å². The summed E-state index contributed by atoms with van der Waals surface area (Å²) in [6.07, 6.45) is 4.53. The number of aromatic nitrogens is 2. The van der Waals surface area contributed by atoms with E-state index >= 15 is 0 Å². The molecule has 1 aromatic carbocycles. The highest BCUT2D eigenvalue weighted by atomic mass is 16.5. The summed E-state index contributed by atoms with van der Waals surface area (Å²) in [7, 11) is 3.52. The van der Waals surface area contributed by atoms with Crippen LogP contribution in [-0.2, 0) is 20.1 Å². The van der Waals surface area contributed by atoms with Crippen LogP contribution in [0.4, 0.5) is 0 Å². The lowest BCUT2D eigenvalue weighted by molar-refractivity contribution is 0.284. The van der Waals surface area contributed by atoms with E-state index in [1.165, 1.54) is 0 Å². The molecule has 0 aliphatic rings. The number of hydrogen-bond acceptors (Lipinski definition) is 4. The zero-order valence-corrected chi connectivity index (χ0v) is 12.2. The Bertz CT molecular complexity index is 564. The predicted octanol–water partition coefficient (Wildman–Crippen LogP) is 1.90. The van der Waals surface area contributed by atoms with Gasteiger partial charge in [-0.1, -0.05) is 6.07 Å². The summed E-state index contributed by atoms with van der Waals surface area (Å²) in [5, 5.41) is 4.11. The van der Waals surface area contributed by atoms with E-state index in [1.54, 1.807) is 18.0 Å². The fourth-order valence-electron chi connectivity index (χ4n) is 2.04. The summed E-state index contributed by atoms with van der Waals surface area (Å²) in [4.78, 5) is 0. The SMILES string of the molecule is COc1cc(CC(C)N)ccc1OCc1cnn(C)c1. The Morgan fingerprint density at radius 3 is 2.70 bits per heavy atom. The standard InChI is InChI=1S/C15H21N3O2/c1-11(16)6-12-4-5-14(15(7-12)19-3)20-10-13-8-17-18(2)9-13/h4-5,7-9,11H,6,10,16H2,1-3H3. The Labute approximate surface area is 119 Å². The van der Waals surface area contributed by atoms with Crippen molar-refractivity contribution < 1.29 is 9.47 Å². The van der Waals surface area contributed by atoms with Gasteiger partial charge in [0, 0.05) is 24.8 Å². The van der Waals surface area contributed by atoms with Gasteiger partial charge in [-0.15, -0.1) is 0 Å². The van der Waals surface area contributed by atoms with Crippen LogP contribution >= 0.6 is 0 Å². The third kappa shape index (κ3) is 3.74. The summed E-state index contributed by atoms with van der Waals surface area (Å²) in [5.41, 5.74) is 7.98. The molecule has 0 spiro atoms. The molecular formula is C15H21N3O2. The number of rotatable bonds is 6. The topological polar surface area (TPSA) is 62.3 Å². The first-order chi connectivity index (χ1) is 9.58. The second kappa shape index (κ2) is 6.43. The quantitative estimate of drug-likeness (QED) is 0.874. The van der Waals surface area contributed by atoms with Gasteiger partial charge in [0.05, 0.1) is 13.3 Å². The van der Waals surface area contributed by atoms with Crippen molar-refractivity contribution in [1.82, 2.24) is 9.78 Å². The van der Waals surface area contributed by atoms with Crippen LogP contribution < -0.4 is 15.2 Å². The molecule has 0 saturated heterocycles. The Morgan fingerprint density at radius 1 is 1.30 bits per heavy atom. The molecular weight excluding hydrogens is 254 g/mol. The number of benzene rings is 1. The molecule has 2 N–H and O–H groups in total. The molecule has 1 atom stereocenters. The van der Waals surface area contributed by atoms with Crippen molar-refractivity contribution >= 4 is 0 Å². The number of ether oxygens (including phenoxy) is 2. The molecule has 2 aromatic rings. The maximum atomic E-state index is 5.81. The Morgan fingerprint density at radius 2 is 2.10 bits per heavy atom. The average molecular weight is 275 g/mol. The second-order valence-corrected chi connectivity index (χ2v) is 4.98. The minimum absolute atomic E-state index is 0.127. The van der Waals surface area contributed by atoms with Gasteiger partial charge in [0.15, 0.2) is 11.5 Å². The van der Waals surface area contributed by atoms with Crippen LogP contribution in [-0.4, -0.2) is 22.9 Å². The van der Waals surface area contributed by atoms with Crippen LogP contribution in [0.25, 0.3) is 0 Å². The first kappa shape index (κ1) is 14.4. The van der Waals surface area contributed by atoms with Crippen molar-refractivity contribution in [1.29, 1.82) is 0 Å². The van der Waals surface area contributed by atoms with Crippen LogP contribution in [0.2, 0.25) is 0 Å². The van der Waals surface area contributed by atoms with Crippen LogP contribution in [0.1, 0.15) is 18.1 Å². The average Bonchev–Trinajstić information content (AvgIpc) is 2.82. The molecule has 5 heteroatoms. The van der Waals surface area contributed by atoms with Crippen LogP contribution in [0.5, 0.6) is 11.5 Å². The van der Waals surface area contributed by atoms with E-state index in [-0.39, 0.29) is 6.04 Å². The monoisotopic (exact) mass is 275 g/mol. The fraction of sp³-hybridized carbons (Fsp3) is 0.400. The highest BCUT2D eigenvalue weighted by molar-refractivity contribution is 5.43. The molecule has 0 amide bonds. The molecule has 20 heavy (non-hydrogen) atoms. The van der Waals surface area contributed by atoms with Gasteiger partial charge in [0.1, 0.15) is 6.61 Å². The fourth-order valence-corrected chi connectivity index (χ4v) is 2.04. The third-order valence-electron chi connectivity index (χ3n) is 2.94. The molecule has 1 aromatic heterocycles. The van der Waals surface area contributed by atoms with Crippen molar-refractivity contribution in [2.24, 2.45) is 12.8 Å². The Balaban J connectivity index is 2.07. The van der Waals surface area contributed by atoms with E-state index in [0.717, 1.165) is 29.0 Å². The molecule has 2 rings (SSSR count). The number of hydrogen-bond donors (Lipinski definition) is 1. The lowest BCUT2D eigenvalue weighted by atomic mass is 10.1. The number of nitrogens with two attached hydrogens (primary N) is 1. The zero-order chi connectivity index (χ0) is 14.5. The third-order valence-corrected chi connectivity index (χ3v) is 2.94. The van der Waals surface area contributed by atoms with Crippen LogP contribution in [0.15, 0.2) is 30.6 Å². The van der Waals surface area contributed by atoms with Gasteiger partial charge in [-0.3, -0.25) is 4.68 Å². The summed E-state index contributed by atoms with van der Waals surface area (Å²) < 4.78 is 12.9. The first-order valence-electron chi connectivity index (χ1n) is 6.61. The Kier molecular flexibility index (Phi) is 4.63. The summed E-state index contributed by atoms with van der Waals surface area (Å²) in [5.74, 6) is 1.46. The zero-order valence-electron chi connectivity index (χ0n) is 12.2. The van der Waals surface area contributed by atoms with E-state index in [9.17, 15) is 0 Å². The molecule has 0 fully saturated rings. The smallest absolute Gasteiger partial charge is 0.161 e. The van der Waals surface area contributed by atoms with Gasteiger partial charge in [-0.2, -0.15) is 5.10 Å².